The Hall–Kier alpha value is -4.17. The van der Waals surface area contributed by atoms with Gasteiger partial charge in [-0.25, -0.2) is 17.6 Å². The number of aromatic nitrogens is 3. The van der Waals surface area contributed by atoms with Crippen LogP contribution < -0.4 is 9.64 Å². The summed E-state index contributed by atoms with van der Waals surface area (Å²) >= 11 is 0. The smallest absolute Gasteiger partial charge is 0.319 e. The molecule has 1 N–H and O–H groups in total. The molecule has 4 fully saturated rings. The molecule has 3 saturated heterocycles. The van der Waals surface area contributed by atoms with E-state index < -0.39 is 54.2 Å². The molecule has 8 rings (SSSR count). The molecular formula is C35H33F4N5O2. The second-order valence-electron chi connectivity index (χ2n) is 13.0. The maximum Gasteiger partial charge on any atom is 0.319 e. The molecule has 0 unspecified atom stereocenters. The first-order chi connectivity index (χ1) is 23.0. The molecule has 1 aliphatic carbocycles. The van der Waals surface area contributed by atoms with Gasteiger partial charge in [-0.3, -0.25) is 9.88 Å². The van der Waals surface area contributed by atoms with Crippen LogP contribution in [0.3, 0.4) is 0 Å². The summed E-state index contributed by atoms with van der Waals surface area (Å²) in [5, 5.41) is 11.2. The van der Waals surface area contributed by atoms with Crippen molar-refractivity contribution in [1.82, 2.24) is 19.9 Å². The largest absolute Gasteiger partial charge is 0.508 e. The number of nitrogens with zero attached hydrogens (tertiary/aromatic N) is 5. The molecule has 0 amide bonds. The monoisotopic (exact) mass is 633 g/mol. The van der Waals surface area contributed by atoms with Crippen molar-refractivity contribution >= 4 is 27.5 Å². The maximum absolute atomic E-state index is 16.9. The number of rotatable bonds is 5. The van der Waals surface area contributed by atoms with E-state index in [0.29, 0.717) is 37.7 Å². The number of hydrogen-bond donors (Lipinski definition) is 1. The lowest BCUT2D eigenvalue weighted by Crippen LogP contribution is -2.46. The van der Waals surface area contributed by atoms with Crippen LogP contribution in [0.4, 0.5) is 23.4 Å². The molecule has 46 heavy (non-hydrogen) atoms. The number of anilines is 1. The Morgan fingerprint density at radius 2 is 2.02 bits per heavy atom. The molecular weight excluding hydrogens is 598 g/mol. The number of aromatic hydroxyl groups is 1. The number of ether oxygens (including phenoxy) is 1. The highest BCUT2D eigenvalue weighted by Gasteiger charge is 2.56. The van der Waals surface area contributed by atoms with Gasteiger partial charge in [-0.1, -0.05) is 18.4 Å². The van der Waals surface area contributed by atoms with Gasteiger partial charge in [0.15, 0.2) is 5.82 Å². The van der Waals surface area contributed by atoms with Crippen LogP contribution in [0.1, 0.15) is 53.8 Å². The van der Waals surface area contributed by atoms with Crippen LogP contribution in [-0.4, -0.2) is 74.6 Å². The summed E-state index contributed by atoms with van der Waals surface area (Å²) in [6.07, 6.45) is 7.80. The number of alkyl halides is 2. The predicted molar refractivity (Wildman–Crippen MR) is 166 cm³/mol. The topological polar surface area (TPSA) is 74.6 Å². The van der Waals surface area contributed by atoms with Crippen molar-refractivity contribution in [2.45, 2.75) is 75.4 Å². The van der Waals surface area contributed by atoms with E-state index in [2.05, 4.69) is 20.9 Å². The third-order valence-electron chi connectivity index (χ3n) is 10.4. The van der Waals surface area contributed by atoms with Gasteiger partial charge in [0.25, 0.3) is 0 Å². The van der Waals surface area contributed by atoms with E-state index in [1.165, 1.54) is 24.4 Å². The van der Waals surface area contributed by atoms with Crippen LogP contribution >= 0.6 is 0 Å². The van der Waals surface area contributed by atoms with Crippen LogP contribution in [0.15, 0.2) is 30.5 Å². The molecule has 7 nitrogen and oxygen atoms in total. The molecule has 238 valence electrons. The van der Waals surface area contributed by atoms with Crippen molar-refractivity contribution in [3.8, 4) is 35.4 Å². The molecule has 11 heteroatoms. The van der Waals surface area contributed by atoms with E-state index >= 15 is 13.2 Å². The third kappa shape index (κ3) is 4.40. The molecule has 4 aromatic rings. The van der Waals surface area contributed by atoms with Crippen LogP contribution in [0.2, 0.25) is 0 Å². The number of fused-ring (bicyclic) bond motifs is 4. The summed E-state index contributed by atoms with van der Waals surface area (Å²) in [4.78, 5) is 16.9. The fourth-order valence-electron chi connectivity index (χ4n) is 8.03. The highest BCUT2D eigenvalue weighted by molar-refractivity contribution is 6.03. The second-order valence-corrected chi connectivity index (χ2v) is 13.0. The van der Waals surface area contributed by atoms with Crippen molar-refractivity contribution in [1.29, 1.82) is 0 Å². The average molecular weight is 634 g/mol. The summed E-state index contributed by atoms with van der Waals surface area (Å²) in [7, 11) is 0. The van der Waals surface area contributed by atoms with Gasteiger partial charge in [0.05, 0.1) is 25.3 Å². The van der Waals surface area contributed by atoms with Gasteiger partial charge in [0.1, 0.15) is 47.5 Å². The summed E-state index contributed by atoms with van der Waals surface area (Å²) in [6, 6.07) is 3.70. The number of halogens is 4. The minimum atomic E-state index is -2.47. The molecule has 0 radical (unpaired) electrons. The number of phenolic OH excluding ortho intramolecular Hbond substituents is 1. The Bertz CT molecular complexity index is 2030. The zero-order chi connectivity index (χ0) is 33.7. The van der Waals surface area contributed by atoms with Gasteiger partial charge in [-0.2, -0.15) is 9.97 Å². The summed E-state index contributed by atoms with van der Waals surface area (Å²) in [5.41, 5.74) is -1.98. The van der Waals surface area contributed by atoms with Gasteiger partial charge in [0.2, 0.25) is 0 Å². The zero-order valence-corrected chi connectivity index (χ0v) is 25.1. The van der Waals surface area contributed by atoms with E-state index in [1.807, 2.05) is 0 Å². The first kappa shape index (κ1) is 27.0. The summed E-state index contributed by atoms with van der Waals surface area (Å²) in [6.45, 7) is 0.179. The average Bonchev–Trinajstić information content (AvgIpc) is 3.45. The number of terminal acetylenes is 1. The lowest BCUT2D eigenvalue weighted by molar-refractivity contribution is 0.0879. The number of pyridine rings is 1. The van der Waals surface area contributed by atoms with E-state index in [-0.39, 0.29) is 57.0 Å². The van der Waals surface area contributed by atoms with Gasteiger partial charge in [0, 0.05) is 42.1 Å². The lowest BCUT2D eigenvalue weighted by atomic mass is 9.94. The molecule has 0 bridgehead atoms. The van der Waals surface area contributed by atoms with Crippen molar-refractivity contribution in [2.75, 3.05) is 24.5 Å². The lowest BCUT2D eigenvalue weighted by Gasteiger charge is -2.33. The molecule has 5 heterocycles. The molecule has 4 aliphatic rings. The van der Waals surface area contributed by atoms with Crippen molar-refractivity contribution in [2.24, 2.45) is 5.92 Å². The van der Waals surface area contributed by atoms with Crippen molar-refractivity contribution in [3.05, 3.63) is 47.7 Å². The van der Waals surface area contributed by atoms with E-state index in [0.717, 1.165) is 18.9 Å². The number of benzene rings is 2. The molecule has 0 spiro atoms. The van der Waals surface area contributed by atoms with E-state index in [1.54, 1.807) is 16.7 Å². The maximum atomic E-state index is 16.9. The van der Waals surface area contributed by atoms with Crippen LogP contribution in [0, 0.1) is 29.9 Å². The first-order valence-corrected chi connectivity index (χ1v) is 15.7. The quantitative estimate of drug-likeness (QED) is 0.199. The Balaban J connectivity index is 1.32. The number of hydrogen-bond acceptors (Lipinski definition) is 7. The van der Waals surface area contributed by atoms with E-state index in [4.69, 9.17) is 13.9 Å². The van der Waals surface area contributed by atoms with Gasteiger partial charge in [-0.05, 0) is 62.7 Å². The van der Waals surface area contributed by atoms with Crippen LogP contribution in [0.5, 0.6) is 11.8 Å². The van der Waals surface area contributed by atoms with Crippen molar-refractivity contribution < 1.29 is 30.1 Å². The first-order valence-electron chi connectivity index (χ1n) is 16.7. The van der Waals surface area contributed by atoms with E-state index in [9.17, 15) is 9.50 Å². The third-order valence-corrected chi connectivity index (χ3v) is 10.4. The Kier molecular flexibility index (Phi) is 6.27. The zero-order valence-electron chi connectivity index (χ0n) is 27.1. The highest BCUT2D eigenvalue weighted by atomic mass is 19.1. The molecule has 2 aromatic carbocycles. The predicted octanol–water partition coefficient (Wildman–Crippen LogP) is 6.48. The summed E-state index contributed by atoms with van der Waals surface area (Å²) in [5.74, 6) is 0.339. The second kappa shape index (κ2) is 10.7. The SMILES string of the molecule is [2H]C([2H])(Oc1nc(N2CCCC[C@H]3[C@H](F)[C@H]32)c2cnc(-c3cc(O)cc4ccc(F)c(C#C)c34)c(F)c2n1)[C@@]12CCCN1[C@H](C)[C@H](F)C2. The van der Waals surface area contributed by atoms with Gasteiger partial charge < -0.3 is 14.7 Å². The normalized spacial score (nSPS) is 30.0. The Morgan fingerprint density at radius 3 is 2.85 bits per heavy atom. The Labute approximate surface area is 266 Å². The molecule has 6 atom stereocenters. The van der Waals surface area contributed by atoms with Crippen molar-refractivity contribution in [3.63, 3.8) is 0 Å². The fourth-order valence-corrected chi connectivity index (χ4v) is 8.03. The molecule has 1 saturated carbocycles. The van der Waals surface area contributed by atoms with Gasteiger partial charge >= 0.3 is 6.01 Å². The fraction of sp³-hybridized carbons (Fsp3) is 0.457. The standard InChI is InChI=1S/C35H33F4N5O2/c1-3-21-25(36)9-8-19-13-20(45)14-23(27(19)21)30-29(39)31-24(16-40-30)33(43-11-5-4-7-22-28(38)32(22)43)42-34(41-31)46-17-35-10-6-12-44(35)18(2)26(37)15-35/h1,8-9,13-14,16,18,22,26,28,32,45H,4-7,10-12,15,17H2,2H3/t18-,22+,26-,28+,32+,35+/m1/s1/i17D2. The highest BCUT2D eigenvalue weighted by Crippen LogP contribution is 2.48. The van der Waals surface area contributed by atoms with Gasteiger partial charge in [-0.15, -0.1) is 6.42 Å². The summed E-state index contributed by atoms with van der Waals surface area (Å²) < 4.78 is 86.0. The number of phenols is 1. The Morgan fingerprint density at radius 1 is 1.17 bits per heavy atom. The molecule has 2 aromatic heterocycles. The minimum absolute atomic E-state index is 0.0186. The van der Waals surface area contributed by atoms with Crippen LogP contribution in [-0.2, 0) is 0 Å². The molecule has 3 aliphatic heterocycles. The van der Waals surface area contributed by atoms with Crippen LogP contribution in [0.25, 0.3) is 32.9 Å². The minimum Gasteiger partial charge on any atom is -0.508 e.